The second-order valence-corrected chi connectivity index (χ2v) is 2.94. The van der Waals surface area contributed by atoms with Crippen molar-refractivity contribution in [3.63, 3.8) is 0 Å². The molecular formula is C9H12N2O. The molecule has 1 aliphatic rings. The number of nitrogens with zero attached hydrogens (tertiary/aromatic N) is 2. The van der Waals surface area contributed by atoms with Crippen molar-refractivity contribution in [3.8, 4) is 0 Å². The normalized spacial score (nSPS) is 17.6. The van der Waals surface area contributed by atoms with Gasteiger partial charge in [0.15, 0.2) is 0 Å². The van der Waals surface area contributed by atoms with E-state index in [9.17, 15) is 0 Å². The van der Waals surface area contributed by atoms with Gasteiger partial charge in [0.1, 0.15) is 0 Å². The third-order valence-corrected chi connectivity index (χ3v) is 2.11. The van der Waals surface area contributed by atoms with E-state index in [2.05, 4.69) is 11.1 Å². The Balaban J connectivity index is 2.29. The Morgan fingerprint density at radius 1 is 1.58 bits per heavy atom. The van der Waals surface area contributed by atoms with Crippen LogP contribution in [0.5, 0.6) is 0 Å². The molecule has 2 rings (SSSR count). The quantitative estimate of drug-likeness (QED) is 0.624. The smallest absolute Gasteiger partial charge is 0.0948 e. The second-order valence-electron chi connectivity index (χ2n) is 2.94. The molecule has 0 radical (unpaired) electrons. The maximum atomic E-state index is 5.23. The van der Waals surface area contributed by atoms with Crippen molar-refractivity contribution in [1.29, 1.82) is 0 Å². The monoisotopic (exact) mass is 164 g/mol. The molecule has 0 N–H and O–H groups in total. The topological polar surface area (TPSA) is 27.1 Å². The number of rotatable bonds is 1. The summed E-state index contributed by atoms with van der Waals surface area (Å²) < 4.78 is 7.27. The molecule has 1 aliphatic heterocycles. The summed E-state index contributed by atoms with van der Waals surface area (Å²) in [6, 6.07) is 0. The largest absolute Gasteiger partial charge is 0.377 e. The van der Waals surface area contributed by atoms with Crippen molar-refractivity contribution < 1.29 is 4.74 Å². The van der Waals surface area contributed by atoms with Gasteiger partial charge in [-0.3, -0.25) is 0 Å². The molecule has 64 valence electrons. The van der Waals surface area contributed by atoms with Gasteiger partial charge < -0.3 is 9.30 Å². The van der Waals surface area contributed by atoms with Crippen LogP contribution in [0, 0.1) is 0 Å². The van der Waals surface area contributed by atoms with E-state index >= 15 is 0 Å². The van der Waals surface area contributed by atoms with E-state index in [4.69, 9.17) is 4.74 Å². The molecule has 0 spiro atoms. The average molecular weight is 164 g/mol. The van der Waals surface area contributed by atoms with Gasteiger partial charge in [0.2, 0.25) is 0 Å². The predicted molar refractivity (Wildman–Crippen MR) is 46.6 cm³/mol. The average Bonchev–Trinajstić information content (AvgIpc) is 2.53. The summed E-state index contributed by atoms with van der Waals surface area (Å²) in [5, 5.41) is 0. The lowest BCUT2D eigenvalue weighted by molar-refractivity contribution is 0.161. The van der Waals surface area contributed by atoms with Gasteiger partial charge in [0, 0.05) is 7.05 Å². The second kappa shape index (κ2) is 3.11. The summed E-state index contributed by atoms with van der Waals surface area (Å²) in [5.41, 5.74) is 2.56. The number of aryl methyl sites for hydroxylation is 1. The first-order valence-corrected chi connectivity index (χ1v) is 4.11. The van der Waals surface area contributed by atoms with Crippen molar-refractivity contribution >= 4 is 5.57 Å². The zero-order chi connectivity index (χ0) is 8.39. The highest BCUT2D eigenvalue weighted by molar-refractivity contribution is 5.63. The summed E-state index contributed by atoms with van der Waals surface area (Å²) in [6.45, 7) is 1.57. The molecule has 1 aromatic heterocycles. The lowest BCUT2D eigenvalue weighted by atomic mass is 10.1. The Morgan fingerprint density at radius 3 is 3.08 bits per heavy atom. The van der Waals surface area contributed by atoms with Crippen molar-refractivity contribution in [2.24, 2.45) is 7.05 Å². The Bertz CT molecular complexity index is 301. The molecule has 0 aromatic carbocycles. The Morgan fingerprint density at radius 2 is 2.50 bits per heavy atom. The Hall–Kier alpha value is -1.09. The van der Waals surface area contributed by atoms with Gasteiger partial charge in [0.25, 0.3) is 0 Å². The minimum Gasteiger partial charge on any atom is -0.377 e. The number of ether oxygens (including phenoxy) is 1. The zero-order valence-electron chi connectivity index (χ0n) is 7.16. The first kappa shape index (κ1) is 7.55. The molecule has 1 aromatic rings. The molecular weight excluding hydrogens is 152 g/mol. The maximum Gasteiger partial charge on any atom is 0.0948 e. The van der Waals surface area contributed by atoms with Crippen molar-refractivity contribution in [2.75, 3.05) is 13.2 Å². The van der Waals surface area contributed by atoms with Gasteiger partial charge in [0.05, 0.1) is 31.4 Å². The fourth-order valence-corrected chi connectivity index (χ4v) is 1.43. The van der Waals surface area contributed by atoms with Crippen LogP contribution in [0.4, 0.5) is 0 Å². The molecule has 0 saturated heterocycles. The van der Waals surface area contributed by atoms with Crippen LogP contribution in [0.25, 0.3) is 5.57 Å². The highest BCUT2D eigenvalue weighted by atomic mass is 16.5. The SMILES string of the molecule is Cn1cncc1C1=CCOCC1. The van der Waals surface area contributed by atoms with Crippen LogP contribution in [0.3, 0.4) is 0 Å². The fourth-order valence-electron chi connectivity index (χ4n) is 1.43. The molecule has 0 saturated carbocycles. The molecule has 0 aliphatic carbocycles. The van der Waals surface area contributed by atoms with E-state index in [-0.39, 0.29) is 0 Å². The van der Waals surface area contributed by atoms with E-state index in [1.54, 1.807) is 0 Å². The third kappa shape index (κ3) is 1.28. The number of imidazole rings is 1. The van der Waals surface area contributed by atoms with Gasteiger partial charge >= 0.3 is 0 Å². The number of hydrogen-bond acceptors (Lipinski definition) is 2. The Labute approximate surface area is 71.7 Å². The van der Waals surface area contributed by atoms with E-state index < -0.39 is 0 Å². The van der Waals surface area contributed by atoms with E-state index in [1.165, 1.54) is 11.3 Å². The Kier molecular flexibility index (Phi) is 1.96. The van der Waals surface area contributed by atoms with Crippen LogP contribution >= 0.6 is 0 Å². The van der Waals surface area contributed by atoms with Gasteiger partial charge in [-0.15, -0.1) is 0 Å². The van der Waals surface area contributed by atoms with Crippen molar-refractivity contribution in [2.45, 2.75) is 6.42 Å². The molecule has 3 heteroatoms. The molecule has 0 amide bonds. The summed E-state index contributed by atoms with van der Waals surface area (Å²) in [4.78, 5) is 4.08. The van der Waals surface area contributed by atoms with Gasteiger partial charge in [-0.25, -0.2) is 4.98 Å². The number of hydrogen-bond donors (Lipinski definition) is 0. The number of aromatic nitrogens is 2. The first-order valence-electron chi connectivity index (χ1n) is 4.11. The van der Waals surface area contributed by atoms with Crippen LogP contribution in [-0.2, 0) is 11.8 Å². The van der Waals surface area contributed by atoms with E-state index in [1.807, 2.05) is 24.1 Å². The molecule has 3 nitrogen and oxygen atoms in total. The summed E-state index contributed by atoms with van der Waals surface area (Å²) in [6.07, 6.45) is 6.85. The highest BCUT2D eigenvalue weighted by Crippen LogP contribution is 2.19. The molecule has 0 atom stereocenters. The maximum absolute atomic E-state index is 5.23. The standard InChI is InChI=1S/C9H12N2O/c1-11-7-10-6-9(11)8-2-4-12-5-3-8/h2,6-7H,3-5H2,1H3. The lowest BCUT2D eigenvalue weighted by Gasteiger charge is -2.13. The summed E-state index contributed by atoms with van der Waals surface area (Å²) in [7, 11) is 2.01. The highest BCUT2D eigenvalue weighted by Gasteiger charge is 2.08. The predicted octanol–water partition coefficient (Wildman–Crippen LogP) is 1.22. The molecule has 0 fully saturated rings. The van der Waals surface area contributed by atoms with Gasteiger partial charge in [-0.1, -0.05) is 6.08 Å². The third-order valence-electron chi connectivity index (χ3n) is 2.11. The van der Waals surface area contributed by atoms with Crippen LogP contribution < -0.4 is 0 Å². The zero-order valence-corrected chi connectivity index (χ0v) is 7.16. The molecule has 0 bridgehead atoms. The molecule has 2 heterocycles. The van der Waals surface area contributed by atoms with Gasteiger partial charge in [-0.05, 0) is 12.0 Å². The molecule has 12 heavy (non-hydrogen) atoms. The molecule has 0 unspecified atom stereocenters. The minimum atomic E-state index is 0.737. The first-order chi connectivity index (χ1) is 5.88. The van der Waals surface area contributed by atoms with Crippen molar-refractivity contribution in [3.05, 3.63) is 24.3 Å². The summed E-state index contributed by atoms with van der Waals surface area (Å²) in [5.74, 6) is 0. The van der Waals surface area contributed by atoms with Crippen LogP contribution in [-0.4, -0.2) is 22.8 Å². The van der Waals surface area contributed by atoms with E-state index in [0.29, 0.717) is 0 Å². The minimum absolute atomic E-state index is 0.737. The summed E-state index contributed by atoms with van der Waals surface area (Å²) >= 11 is 0. The fraction of sp³-hybridized carbons (Fsp3) is 0.444. The van der Waals surface area contributed by atoms with Crippen LogP contribution in [0.15, 0.2) is 18.6 Å². The lowest BCUT2D eigenvalue weighted by Crippen LogP contribution is -2.05. The van der Waals surface area contributed by atoms with E-state index in [0.717, 1.165) is 19.6 Å². The van der Waals surface area contributed by atoms with Gasteiger partial charge in [-0.2, -0.15) is 0 Å². The van der Waals surface area contributed by atoms with Crippen LogP contribution in [0.1, 0.15) is 12.1 Å². The van der Waals surface area contributed by atoms with Crippen LogP contribution in [0.2, 0.25) is 0 Å². The van der Waals surface area contributed by atoms with Crippen molar-refractivity contribution in [1.82, 2.24) is 9.55 Å².